The molecular formula is C20H16FN7OS. The predicted octanol–water partition coefficient (Wildman–Crippen LogP) is 3.58. The second-order valence-electron chi connectivity index (χ2n) is 6.17. The molecule has 30 heavy (non-hydrogen) atoms. The lowest BCUT2D eigenvalue weighted by atomic mass is 10.1. The van der Waals surface area contributed by atoms with E-state index in [2.05, 4.69) is 30.6 Å². The summed E-state index contributed by atoms with van der Waals surface area (Å²) in [4.78, 5) is 29.0. The van der Waals surface area contributed by atoms with Crippen LogP contribution in [0.1, 0.15) is 16.1 Å². The van der Waals surface area contributed by atoms with Crippen molar-refractivity contribution in [2.45, 2.75) is 6.54 Å². The second-order valence-corrected chi connectivity index (χ2v) is 7.07. The van der Waals surface area contributed by atoms with Gasteiger partial charge in [-0.3, -0.25) is 4.79 Å². The van der Waals surface area contributed by atoms with Crippen LogP contribution < -0.4 is 16.4 Å². The SMILES string of the molecule is Nc1ncccc1NCc1cc(NC(=O)c2cnc(-c3nccs3)cn2)ccc1F. The van der Waals surface area contributed by atoms with E-state index < -0.39 is 11.7 Å². The number of carbonyl (C=O) groups excluding carboxylic acids is 1. The number of hydrogen-bond donors (Lipinski definition) is 3. The van der Waals surface area contributed by atoms with Gasteiger partial charge in [0.25, 0.3) is 5.91 Å². The van der Waals surface area contributed by atoms with Crippen LogP contribution in [-0.2, 0) is 6.54 Å². The summed E-state index contributed by atoms with van der Waals surface area (Å²) in [5.41, 5.74) is 7.91. The van der Waals surface area contributed by atoms with Crippen LogP contribution in [0.15, 0.2) is 60.5 Å². The molecule has 4 aromatic rings. The lowest BCUT2D eigenvalue weighted by Gasteiger charge is -2.11. The van der Waals surface area contributed by atoms with E-state index in [1.165, 1.54) is 35.9 Å². The van der Waals surface area contributed by atoms with Crippen LogP contribution in [0.5, 0.6) is 0 Å². The van der Waals surface area contributed by atoms with Gasteiger partial charge >= 0.3 is 0 Å². The molecule has 8 nitrogen and oxygen atoms in total. The highest BCUT2D eigenvalue weighted by molar-refractivity contribution is 7.13. The molecule has 0 bridgehead atoms. The van der Waals surface area contributed by atoms with Crippen molar-refractivity contribution in [3.8, 4) is 10.7 Å². The molecule has 0 radical (unpaired) electrons. The van der Waals surface area contributed by atoms with Crippen LogP contribution >= 0.6 is 11.3 Å². The predicted molar refractivity (Wildman–Crippen MR) is 113 cm³/mol. The second kappa shape index (κ2) is 8.62. The maximum atomic E-state index is 14.2. The summed E-state index contributed by atoms with van der Waals surface area (Å²) in [6.45, 7) is 0.174. The monoisotopic (exact) mass is 421 g/mol. The molecule has 150 valence electrons. The van der Waals surface area contributed by atoms with E-state index in [1.807, 2.05) is 5.38 Å². The zero-order valence-corrected chi connectivity index (χ0v) is 16.4. The molecule has 3 aromatic heterocycles. The average Bonchev–Trinajstić information content (AvgIpc) is 3.30. The largest absolute Gasteiger partial charge is 0.382 e. The number of benzene rings is 1. The van der Waals surface area contributed by atoms with Gasteiger partial charge in [-0.1, -0.05) is 0 Å². The summed E-state index contributed by atoms with van der Waals surface area (Å²) in [6, 6.07) is 7.79. The summed E-state index contributed by atoms with van der Waals surface area (Å²) in [5, 5.41) is 8.29. The Balaban J connectivity index is 1.44. The van der Waals surface area contributed by atoms with Crippen molar-refractivity contribution in [1.82, 2.24) is 19.9 Å². The molecule has 0 unspecified atom stereocenters. The number of hydrogen-bond acceptors (Lipinski definition) is 8. The van der Waals surface area contributed by atoms with Gasteiger partial charge in [-0.2, -0.15) is 0 Å². The molecule has 0 spiro atoms. The summed E-state index contributed by atoms with van der Waals surface area (Å²) in [6.07, 6.45) is 6.12. The summed E-state index contributed by atoms with van der Waals surface area (Å²) in [5.74, 6) is -0.534. The Bertz CT molecular complexity index is 1170. The van der Waals surface area contributed by atoms with Crippen molar-refractivity contribution in [3.63, 3.8) is 0 Å². The van der Waals surface area contributed by atoms with Gasteiger partial charge in [0.15, 0.2) is 0 Å². The number of halogens is 1. The molecule has 0 saturated heterocycles. The molecule has 3 heterocycles. The molecule has 1 aromatic carbocycles. The highest BCUT2D eigenvalue weighted by Crippen LogP contribution is 2.20. The van der Waals surface area contributed by atoms with Gasteiger partial charge in [0.1, 0.15) is 28.0 Å². The number of rotatable bonds is 6. The number of pyridine rings is 1. The molecule has 4 rings (SSSR count). The van der Waals surface area contributed by atoms with Crippen molar-refractivity contribution in [2.75, 3.05) is 16.4 Å². The molecule has 0 aliphatic heterocycles. The van der Waals surface area contributed by atoms with Gasteiger partial charge in [0.2, 0.25) is 0 Å². The van der Waals surface area contributed by atoms with Crippen molar-refractivity contribution < 1.29 is 9.18 Å². The first-order valence-corrected chi connectivity index (χ1v) is 9.74. The Morgan fingerprint density at radius 1 is 1.10 bits per heavy atom. The lowest BCUT2D eigenvalue weighted by Crippen LogP contribution is -2.14. The Hall–Kier alpha value is -3.92. The summed E-state index contributed by atoms with van der Waals surface area (Å²) < 4.78 is 14.2. The molecular weight excluding hydrogens is 405 g/mol. The van der Waals surface area contributed by atoms with E-state index in [0.29, 0.717) is 28.5 Å². The van der Waals surface area contributed by atoms with Crippen molar-refractivity contribution in [2.24, 2.45) is 0 Å². The van der Waals surface area contributed by atoms with Gasteiger partial charge in [0, 0.05) is 35.6 Å². The van der Waals surface area contributed by atoms with E-state index in [9.17, 15) is 9.18 Å². The molecule has 10 heteroatoms. The van der Waals surface area contributed by atoms with Crippen molar-refractivity contribution >= 4 is 34.4 Å². The minimum absolute atomic E-state index is 0.141. The molecule has 0 atom stereocenters. The fourth-order valence-corrected chi connectivity index (χ4v) is 3.24. The van der Waals surface area contributed by atoms with Crippen LogP contribution in [-0.4, -0.2) is 25.8 Å². The Labute approximate surface area is 175 Å². The zero-order chi connectivity index (χ0) is 20.9. The lowest BCUT2D eigenvalue weighted by molar-refractivity contribution is 0.102. The number of nitrogen functional groups attached to an aromatic ring is 1. The van der Waals surface area contributed by atoms with Gasteiger partial charge in [-0.05, 0) is 30.3 Å². The number of thiazole rings is 1. The molecule has 0 saturated carbocycles. The van der Waals surface area contributed by atoms with E-state index >= 15 is 0 Å². The highest BCUT2D eigenvalue weighted by atomic mass is 32.1. The maximum absolute atomic E-state index is 14.2. The smallest absolute Gasteiger partial charge is 0.275 e. The quantitative estimate of drug-likeness (QED) is 0.435. The summed E-state index contributed by atoms with van der Waals surface area (Å²) in [7, 11) is 0. The van der Waals surface area contributed by atoms with Gasteiger partial charge in [-0.25, -0.2) is 24.3 Å². The molecule has 0 aliphatic rings. The Morgan fingerprint density at radius 2 is 2.00 bits per heavy atom. The number of nitrogens with two attached hydrogens (primary N) is 1. The minimum Gasteiger partial charge on any atom is -0.382 e. The first kappa shape index (κ1) is 19.4. The first-order chi connectivity index (χ1) is 14.6. The van der Waals surface area contributed by atoms with Gasteiger partial charge in [-0.15, -0.1) is 11.3 Å². The third-order valence-electron chi connectivity index (χ3n) is 4.15. The van der Waals surface area contributed by atoms with Gasteiger partial charge < -0.3 is 16.4 Å². The standard InChI is InChI=1S/C20H16FN7OS/c21-14-4-3-13(8-12(14)9-25-15-2-1-5-23-18(15)22)28-19(29)16-10-27-17(11-26-16)20-24-6-7-30-20/h1-8,10-11,25H,9H2,(H2,22,23)(H,28,29). The fraction of sp³-hybridized carbons (Fsp3) is 0.0500. The highest BCUT2D eigenvalue weighted by Gasteiger charge is 2.12. The van der Waals surface area contributed by atoms with Crippen molar-refractivity contribution in [3.05, 3.63) is 77.6 Å². The van der Waals surface area contributed by atoms with Crippen LogP contribution in [0.4, 0.5) is 21.6 Å². The van der Waals surface area contributed by atoms with Crippen LogP contribution in [0.3, 0.4) is 0 Å². The number of nitrogens with zero attached hydrogens (tertiary/aromatic N) is 4. The summed E-state index contributed by atoms with van der Waals surface area (Å²) >= 11 is 1.43. The number of carbonyl (C=O) groups is 1. The Kier molecular flexibility index (Phi) is 5.57. The van der Waals surface area contributed by atoms with E-state index in [4.69, 9.17) is 5.73 Å². The third kappa shape index (κ3) is 4.39. The van der Waals surface area contributed by atoms with E-state index in [0.717, 1.165) is 5.01 Å². The third-order valence-corrected chi connectivity index (χ3v) is 4.94. The van der Waals surface area contributed by atoms with Crippen molar-refractivity contribution in [1.29, 1.82) is 0 Å². The number of aromatic nitrogens is 4. The molecule has 1 amide bonds. The maximum Gasteiger partial charge on any atom is 0.275 e. The average molecular weight is 421 g/mol. The van der Waals surface area contributed by atoms with E-state index in [-0.39, 0.29) is 12.2 Å². The molecule has 4 N–H and O–H groups in total. The van der Waals surface area contributed by atoms with Crippen LogP contribution in [0.2, 0.25) is 0 Å². The number of amides is 1. The topological polar surface area (TPSA) is 119 Å². The van der Waals surface area contributed by atoms with Crippen LogP contribution in [0, 0.1) is 5.82 Å². The fourth-order valence-electron chi connectivity index (χ4n) is 2.65. The van der Waals surface area contributed by atoms with E-state index in [1.54, 1.807) is 30.6 Å². The number of anilines is 3. The van der Waals surface area contributed by atoms with Crippen LogP contribution in [0.25, 0.3) is 10.7 Å². The zero-order valence-electron chi connectivity index (χ0n) is 15.5. The molecule has 0 aliphatic carbocycles. The number of nitrogens with one attached hydrogen (secondary N) is 2. The first-order valence-electron chi connectivity index (χ1n) is 8.86. The molecule has 0 fully saturated rings. The van der Waals surface area contributed by atoms with Gasteiger partial charge in [0.05, 0.1) is 18.1 Å². The normalized spacial score (nSPS) is 10.6. The minimum atomic E-state index is -0.449. The Morgan fingerprint density at radius 3 is 2.73 bits per heavy atom.